The number of hydrogen-bond acceptors (Lipinski definition) is 5. The Morgan fingerprint density at radius 1 is 1.16 bits per heavy atom. The third kappa shape index (κ3) is 2.10. The van der Waals surface area contributed by atoms with Crippen molar-refractivity contribution in [1.82, 2.24) is 5.43 Å². The normalized spacial score (nSPS) is 31.4. The molecule has 1 aromatic rings. The van der Waals surface area contributed by atoms with Crippen molar-refractivity contribution >= 4 is 35.0 Å². The second-order valence-electron chi connectivity index (χ2n) is 7.39. The third-order valence-corrected chi connectivity index (χ3v) is 6.55. The van der Waals surface area contributed by atoms with Gasteiger partial charge in [0.25, 0.3) is 5.91 Å². The van der Waals surface area contributed by atoms with Crippen LogP contribution in [0.5, 0.6) is 0 Å². The standard InChI is InChI=1S/C18H19ClN2O4/c1-16(2)17(3)8-9-18(16,15(24)25)13(22)12(17)20-21-14(23)10-4-6-11(19)7-5-10/h4-7H,8-9H2,1-3H3,(H,21,23)(H,24,25)/p-1/b20-12-/t17-,18+/m1/s1. The van der Waals surface area contributed by atoms with E-state index in [-0.39, 0.29) is 12.1 Å². The van der Waals surface area contributed by atoms with Crippen LogP contribution in [0.25, 0.3) is 0 Å². The molecule has 0 radical (unpaired) electrons. The molecule has 0 saturated heterocycles. The van der Waals surface area contributed by atoms with Crippen molar-refractivity contribution in [2.45, 2.75) is 33.6 Å². The van der Waals surface area contributed by atoms with Gasteiger partial charge in [-0.15, -0.1) is 0 Å². The Labute approximate surface area is 150 Å². The maximum Gasteiger partial charge on any atom is 0.271 e. The second-order valence-corrected chi connectivity index (χ2v) is 7.82. The number of hydrazone groups is 1. The summed E-state index contributed by atoms with van der Waals surface area (Å²) >= 11 is 5.79. The number of hydrogen-bond donors (Lipinski definition) is 1. The van der Waals surface area contributed by atoms with Gasteiger partial charge in [-0.2, -0.15) is 5.10 Å². The number of carbonyl (C=O) groups is 3. The first-order valence-corrected chi connectivity index (χ1v) is 8.36. The average Bonchev–Trinajstić information content (AvgIpc) is 2.82. The first kappa shape index (κ1) is 17.6. The Morgan fingerprint density at radius 3 is 2.28 bits per heavy atom. The van der Waals surface area contributed by atoms with Gasteiger partial charge >= 0.3 is 0 Å². The van der Waals surface area contributed by atoms with Crippen LogP contribution in [0.3, 0.4) is 0 Å². The highest BCUT2D eigenvalue weighted by Crippen LogP contribution is 2.69. The maximum absolute atomic E-state index is 12.8. The number of amides is 1. The van der Waals surface area contributed by atoms with Gasteiger partial charge in [0.15, 0.2) is 5.78 Å². The number of carbonyl (C=O) groups excluding carboxylic acids is 3. The minimum Gasteiger partial charge on any atom is -0.549 e. The Hall–Kier alpha value is -2.21. The van der Waals surface area contributed by atoms with Gasteiger partial charge in [0.2, 0.25) is 0 Å². The molecular weight excluding hydrogens is 344 g/mol. The van der Waals surface area contributed by atoms with Crippen molar-refractivity contribution in [2.24, 2.45) is 21.3 Å². The summed E-state index contributed by atoms with van der Waals surface area (Å²) in [5.41, 5.74) is -0.382. The average molecular weight is 362 g/mol. The molecule has 3 rings (SSSR count). The summed E-state index contributed by atoms with van der Waals surface area (Å²) in [6, 6.07) is 6.22. The molecule has 2 aliphatic rings. The van der Waals surface area contributed by atoms with Crippen molar-refractivity contribution in [3.05, 3.63) is 34.9 Å². The van der Waals surface area contributed by atoms with E-state index in [1.807, 2.05) is 6.92 Å². The molecule has 2 fully saturated rings. The predicted octanol–water partition coefficient (Wildman–Crippen LogP) is 1.57. The number of nitrogens with zero attached hydrogens (tertiary/aromatic N) is 1. The van der Waals surface area contributed by atoms with E-state index in [9.17, 15) is 19.5 Å². The maximum atomic E-state index is 12.8. The fraction of sp³-hybridized carbons (Fsp3) is 0.444. The fourth-order valence-electron chi connectivity index (χ4n) is 4.19. The van der Waals surface area contributed by atoms with E-state index < -0.39 is 33.9 Å². The summed E-state index contributed by atoms with van der Waals surface area (Å²) in [5.74, 6) is -2.44. The van der Waals surface area contributed by atoms with E-state index in [0.29, 0.717) is 17.0 Å². The lowest BCUT2D eigenvalue weighted by Gasteiger charge is -2.39. The molecule has 1 N–H and O–H groups in total. The number of aliphatic carboxylic acids is 1. The summed E-state index contributed by atoms with van der Waals surface area (Å²) in [6.45, 7) is 5.31. The lowest BCUT2D eigenvalue weighted by atomic mass is 9.65. The molecule has 1 aromatic carbocycles. The summed E-state index contributed by atoms with van der Waals surface area (Å²) in [7, 11) is 0. The van der Waals surface area contributed by atoms with Crippen molar-refractivity contribution in [1.29, 1.82) is 0 Å². The number of rotatable bonds is 3. The van der Waals surface area contributed by atoms with Crippen LogP contribution in [-0.2, 0) is 9.59 Å². The lowest BCUT2D eigenvalue weighted by Crippen LogP contribution is -2.51. The zero-order valence-electron chi connectivity index (χ0n) is 14.2. The molecule has 0 spiro atoms. The quantitative estimate of drug-likeness (QED) is 0.652. The minimum absolute atomic E-state index is 0.0928. The molecule has 25 heavy (non-hydrogen) atoms. The highest BCUT2D eigenvalue weighted by molar-refractivity contribution is 6.50. The first-order chi connectivity index (χ1) is 11.6. The van der Waals surface area contributed by atoms with Crippen LogP contribution in [0.4, 0.5) is 0 Å². The van der Waals surface area contributed by atoms with E-state index in [4.69, 9.17) is 11.6 Å². The van der Waals surface area contributed by atoms with Gasteiger partial charge in [0, 0.05) is 16.0 Å². The molecule has 7 heteroatoms. The van der Waals surface area contributed by atoms with Crippen LogP contribution in [-0.4, -0.2) is 23.4 Å². The molecule has 2 atom stereocenters. The van der Waals surface area contributed by atoms with Gasteiger partial charge < -0.3 is 9.90 Å². The Morgan fingerprint density at radius 2 is 1.76 bits per heavy atom. The molecule has 1 amide bonds. The number of halogens is 1. The van der Waals surface area contributed by atoms with Crippen LogP contribution in [0, 0.1) is 16.2 Å². The monoisotopic (exact) mass is 361 g/mol. The summed E-state index contributed by atoms with van der Waals surface area (Å²) in [5, 5.41) is 16.3. The summed E-state index contributed by atoms with van der Waals surface area (Å²) in [6.07, 6.45) is 0.719. The van der Waals surface area contributed by atoms with E-state index in [2.05, 4.69) is 10.5 Å². The van der Waals surface area contributed by atoms with Crippen LogP contribution in [0.1, 0.15) is 44.0 Å². The van der Waals surface area contributed by atoms with E-state index >= 15 is 0 Å². The van der Waals surface area contributed by atoms with Gasteiger partial charge in [-0.3, -0.25) is 9.59 Å². The Balaban J connectivity index is 1.94. The highest BCUT2D eigenvalue weighted by atomic mass is 35.5. The Bertz CT molecular complexity index is 815. The number of carboxylic acid groups (broad SMARTS) is 1. The second kappa shape index (κ2) is 5.39. The van der Waals surface area contributed by atoms with Crippen molar-refractivity contribution in [3.63, 3.8) is 0 Å². The van der Waals surface area contributed by atoms with Crippen LogP contribution in [0.2, 0.25) is 5.02 Å². The number of nitrogens with one attached hydrogen (secondary N) is 1. The molecule has 132 valence electrons. The number of benzene rings is 1. The van der Waals surface area contributed by atoms with E-state index in [1.165, 1.54) is 12.1 Å². The van der Waals surface area contributed by atoms with Gasteiger partial charge in [-0.05, 0) is 42.5 Å². The van der Waals surface area contributed by atoms with E-state index in [1.54, 1.807) is 26.0 Å². The fourth-order valence-corrected chi connectivity index (χ4v) is 4.32. The van der Waals surface area contributed by atoms with Gasteiger partial charge in [0.1, 0.15) is 5.71 Å². The number of carboxylic acids is 1. The van der Waals surface area contributed by atoms with Gasteiger partial charge in [0.05, 0.1) is 11.4 Å². The third-order valence-electron chi connectivity index (χ3n) is 6.30. The first-order valence-electron chi connectivity index (χ1n) is 7.98. The lowest BCUT2D eigenvalue weighted by molar-refractivity contribution is -0.320. The highest BCUT2D eigenvalue weighted by Gasteiger charge is 2.74. The van der Waals surface area contributed by atoms with Crippen molar-refractivity contribution < 1.29 is 19.5 Å². The van der Waals surface area contributed by atoms with Crippen LogP contribution < -0.4 is 10.5 Å². The largest absolute Gasteiger partial charge is 0.549 e. The van der Waals surface area contributed by atoms with Crippen molar-refractivity contribution in [3.8, 4) is 0 Å². The molecule has 0 heterocycles. The molecule has 2 aliphatic carbocycles. The molecule has 2 saturated carbocycles. The number of Topliss-reactive ketones (excluding diaryl/α,β-unsaturated/α-hetero) is 1. The molecule has 0 aliphatic heterocycles. The topological polar surface area (TPSA) is 98.7 Å². The molecular formula is C18H18ClN2O4-. The number of fused-ring (bicyclic) bond motifs is 2. The molecule has 0 aromatic heterocycles. The van der Waals surface area contributed by atoms with Gasteiger partial charge in [-0.1, -0.05) is 32.4 Å². The van der Waals surface area contributed by atoms with Crippen molar-refractivity contribution in [2.75, 3.05) is 0 Å². The van der Waals surface area contributed by atoms with Gasteiger partial charge in [-0.25, -0.2) is 5.43 Å². The van der Waals surface area contributed by atoms with Crippen LogP contribution in [0.15, 0.2) is 29.4 Å². The Kier molecular flexibility index (Phi) is 3.80. The SMILES string of the molecule is CC1(C)[C@@]2(C(=O)[O-])CC[C@]1(C)/C(=N\NC(=O)c1ccc(Cl)cc1)C2=O. The summed E-state index contributed by atoms with van der Waals surface area (Å²) < 4.78 is 0. The zero-order chi connectivity index (χ0) is 18.6. The molecule has 0 unspecified atom stereocenters. The van der Waals surface area contributed by atoms with E-state index in [0.717, 1.165) is 0 Å². The summed E-state index contributed by atoms with van der Waals surface area (Å²) in [4.78, 5) is 36.8. The molecule has 2 bridgehead atoms. The smallest absolute Gasteiger partial charge is 0.271 e. The predicted molar refractivity (Wildman–Crippen MR) is 89.9 cm³/mol. The zero-order valence-corrected chi connectivity index (χ0v) is 14.9. The number of ketones is 1. The van der Waals surface area contributed by atoms with Crippen LogP contribution >= 0.6 is 11.6 Å². The molecule has 6 nitrogen and oxygen atoms in total. The minimum atomic E-state index is -1.59.